The fourth-order valence-electron chi connectivity index (χ4n) is 7.03. The lowest BCUT2D eigenvalue weighted by atomic mass is 9.53. The molecule has 1 unspecified atom stereocenters. The smallest absolute Gasteiger partial charge is 0.237 e. The summed E-state index contributed by atoms with van der Waals surface area (Å²) in [4.78, 5) is 18.0. The first-order chi connectivity index (χ1) is 14.6. The molecule has 6 rings (SSSR count). The molecule has 1 saturated heterocycles. The van der Waals surface area contributed by atoms with Crippen molar-refractivity contribution in [2.75, 3.05) is 32.7 Å². The van der Waals surface area contributed by atoms with Crippen LogP contribution in [0, 0.1) is 17.8 Å². The van der Waals surface area contributed by atoms with E-state index in [0.29, 0.717) is 0 Å². The Morgan fingerprint density at radius 2 is 1.63 bits per heavy atom. The standard InChI is InChI=1S/C26H37N3O/c1-20(25(30)27-26-17-22-14-23(18-26)16-24(15-22)19-26)29-12-10-28(11-13-29)9-5-8-21-6-3-2-4-7-21/h2-8,20,22-24H,9-19H2,1H3,(H,27,30)/b8-5+. The summed E-state index contributed by atoms with van der Waals surface area (Å²) in [6, 6.07) is 10.5. The second-order valence-corrected chi connectivity index (χ2v) is 10.5. The highest BCUT2D eigenvalue weighted by atomic mass is 16.2. The fraction of sp³-hybridized carbons (Fsp3) is 0.654. The molecule has 1 heterocycles. The molecule has 4 saturated carbocycles. The van der Waals surface area contributed by atoms with E-state index in [9.17, 15) is 4.79 Å². The van der Waals surface area contributed by atoms with Gasteiger partial charge in [0.1, 0.15) is 0 Å². The van der Waals surface area contributed by atoms with Gasteiger partial charge in [0.05, 0.1) is 6.04 Å². The summed E-state index contributed by atoms with van der Waals surface area (Å²) >= 11 is 0. The molecular weight excluding hydrogens is 370 g/mol. The van der Waals surface area contributed by atoms with Crippen LogP contribution in [0.3, 0.4) is 0 Å². The van der Waals surface area contributed by atoms with E-state index in [0.717, 1.165) is 50.5 Å². The molecule has 0 aromatic heterocycles. The van der Waals surface area contributed by atoms with Gasteiger partial charge in [0.15, 0.2) is 0 Å². The number of piperazine rings is 1. The minimum atomic E-state index is -0.0139. The minimum Gasteiger partial charge on any atom is -0.349 e. The predicted octanol–water partition coefficient (Wildman–Crippen LogP) is 3.79. The number of benzene rings is 1. The molecule has 1 aromatic carbocycles. The van der Waals surface area contributed by atoms with Crippen LogP contribution in [0.15, 0.2) is 36.4 Å². The summed E-state index contributed by atoms with van der Waals surface area (Å²) in [7, 11) is 0. The zero-order valence-corrected chi connectivity index (χ0v) is 18.4. The Hall–Kier alpha value is -1.65. The number of hydrogen-bond donors (Lipinski definition) is 1. The molecule has 30 heavy (non-hydrogen) atoms. The van der Waals surface area contributed by atoms with Crippen LogP contribution >= 0.6 is 0 Å². The van der Waals surface area contributed by atoms with Crippen molar-refractivity contribution < 1.29 is 4.79 Å². The van der Waals surface area contributed by atoms with Gasteiger partial charge in [0, 0.05) is 38.3 Å². The average molecular weight is 408 g/mol. The first kappa shape index (κ1) is 20.3. The lowest BCUT2D eigenvalue weighted by Crippen LogP contribution is -2.63. The van der Waals surface area contributed by atoms with Crippen LogP contribution < -0.4 is 5.32 Å². The summed E-state index contributed by atoms with van der Waals surface area (Å²) < 4.78 is 0. The van der Waals surface area contributed by atoms with Crippen molar-refractivity contribution >= 4 is 12.0 Å². The maximum absolute atomic E-state index is 13.2. The largest absolute Gasteiger partial charge is 0.349 e. The second kappa shape index (κ2) is 8.47. The van der Waals surface area contributed by atoms with Gasteiger partial charge in [-0.15, -0.1) is 0 Å². The van der Waals surface area contributed by atoms with E-state index in [1.54, 1.807) is 0 Å². The van der Waals surface area contributed by atoms with Crippen molar-refractivity contribution in [1.82, 2.24) is 15.1 Å². The van der Waals surface area contributed by atoms with Gasteiger partial charge in [-0.3, -0.25) is 14.6 Å². The van der Waals surface area contributed by atoms with Gasteiger partial charge in [-0.25, -0.2) is 0 Å². The van der Waals surface area contributed by atoms with Crippen LogP contribution in [-0.2, 0) is 4.79 Å². The van der Waals surface area contributed by atoms with Crippen LogP contribution in [0.4, 0.5) is 0 Å². The Kier molecular flexibility index (Phi) is 5.72. The van der Waals surface area contributed by atoms with Gasteiger partial charge < -0.3 is 5.32 Å². The van der Waals surface area contributed by atoms with Crippen molar-refractivity contribution in [2.45, 2.75) is 57.0 Å². The van der Waals surface area contributed by atoms with Gasteiger partial charge >= 0.3 is 0 Å². The molecule has 1 atom stereocenters. The lowest BCUT2D eigenvalue weighted by molar-refractivity contribution is -0.132. The average Bonchev–Trinajstić information content (AvgIpc) is 2.73. The fourth-order valence-corrected chi connectivity index (χ4v) is 7.03. The van der Waals surface area contributed by atoms with Gasteiger partial charge in [-0.05, 0) is 68.8 Å². The van der Waals surface area contributed by atoms with Crippen LogP contribution in [-0.4, -0.2) is 60.0 Å². The molecule has 162 valence electrons. The maximum Gasteiger partial charge on any atom is 0.237 e. The third-order valence-electron chi connectivity index (χ3n) is 8.23. The van der Waals surface area contributed by atoms with E-state index in [1.807, 2.05) is 0 Å². The molecule has 4 bridgehead atoms. The normalized spacial score (nSPS) is 35.0. The molecule has 4 heteroatoms. The number of carbonyl (C=O) groups is 1. The number of amides is 1. The molecule has 1 aromatic rings. The molecular formula is C26H37N3O. The number of carbonyl (C=O) groups excluding carboxylic acids is 1. The Labute approximate surface area is 181 Å². The van der Waals surface area contributed by atoms with Crippen LogP contribution in [0.25, 0.3) is 6.08 Å². The molecule has 1 amide bonds. The summed E-state index contributed by atoms with van der Waals surface area (Å²) in [6.45, 7) is 7.13. The maximum atomic E-state index is 13.2. The van der Waals surface area contributed by atoms with E-state index < -0.39 is 0 Å². The van der Waals surface area contributed by atoms with Gasteiger partial charge in [0.2, 0.25) is 5.91 Å². The Bertz CT molecular complexity index is 730. The van der Waals surface area contributed by atoms with Crippen LogP contribution in [0.2, 0.25) is 0 Å². The summed E-state index contributed by atoms with van der Waals surface area (Å²) in [5, 5.41) is 3.58. The summed E-state index contributed by atoms with van der Waals surface area (Å²) in [6.07, 6.45) is 12.4. The Morgan fingerprint density at radius 3 is 2.23 bits per heavy atom. The van der Waals surface area contributed by atoms with Crippen molar-refractivity contribution in [3.05, 3.63) is 42.0 Å². The monoisotopic (exact) mass is 407 g/mol. The van der Waals surface area contributed by atoms with Crippen molar-refractivity contribution in [3.63, 3.8) is 0 Å². The third-order valence-corrected chi connectivity index (χ3v) is 8.23. The second-order valence-electron chi connectivity index (χ2n) is 10.5. The minimum absolute atomic E-state index is 0.0139. The molecule has 4 aliphatic carbocycles. The van der Waals surface area contributed by atoms with E-state index in [1.165, 1.54) is 44.1 Å². The molecule has 4 nitrogen and oxygen atoms in total. The zero-order chi connectivity index (χ0) is 20.6. The highest BCUT2D eigenvalue weighted by Gasteiger charge is 2.51. The van der Waals surface area contributed by atoms with Gasteiger partial charge in [-0.1, -0.05) is 42.5 Å². The van der Waals surface area contributed by atoms with Crippen LogP contribution in [0.1, 0.15) is 51.0 Å². The lowest BCUT2D eigenvalue weighted by Gasteiger charge is -2.57. The molecule has 0 radical (unpaired) electrons. The first-order valence-corrected chi connectivity index (χ1v) is 12.1. The first-order valence-electron chi connectivity index (χ1n) is 12.1. The molecule has 5 fully saturated rings. The van der Waals surface area contributed by atoms with Gasteiger partial charge in [0.25, 0.3) is 0 Å². The summed E-state index contributed by atoms with van der Waals surface area (Å²) in [5.74, 6) is 2.90. The van der Waals surface area contributed by atoms with Crippen LogP contribution in [0.5, 0.6) is 0 Å². The van der Waals surface area contributed by atoms with Crippen molar-refractivity contribution in [3.8, 4) is 0 Å². The third kappa shape index (κ3) is 4.36. The SMILES string of the molecule is CC(C(=O)NC12CC3CC(CC(C3)C1)C2)N1CCN(C/C=C/c2ccccc2)CC1. The summed E-state index contributed by atoms with van der Waals surface area (Å²) in [5.41, 5.74) is 1.38. The number of nitrogens with one attached hydrogen (secondary N) is 1. The number of hydrogen-bond acceptors (Lipinski definition) is 3. The topological polar surface area (TPSA) is 35.6 Å². The van der Waals surface area contributed by atoms with Gasteiger partial charge in [-0.2, -0.15) is 0 Å². The highest BCUT2D eigenvalue weighted by molar-refractivity contribution is 5.82. The molecule has 1 aliphatic heterocycles. The molecule has 1 N–H and O–H groups in total. The van der Waals surface area contributed by atoms with E-state index in [-0.39, 0.29) is 17.5 Å². The number of nitrogens with zero attached hydrogens (tertiary/aromatic N) is 2. The molecule has 0 spiro atoms. The van der Waals surface area contributed by atoms with Crippen molar-refractivity contribution in [2.24, 2.45) is 17.8 Å². The Balaban J connectivity index is 1.09. The number of rotatable bonds is 6. The van der Waals surface area contributed by atoms with E-state index in [4.69, 9.17) is 0 Å². The van der Waals surface area contributed by atoms with E-state index in [2.05, 4.69) is 64.5 Å². The predicted molar refractivity (Wildman–Crippen MR) is 122 cm³/mol. The highest BCUT2D eigenvalue weighted by Crippen LogP contribution is 2.55. The molecule has 5 aliphatic rings. The Morgan fingerprint density at radius 1 is 1.03 bits per heavy atom. The zero-order valence-electron chi connectivity index (χ0n) is 18.4. The van der Waals surface area contributed by atoms with E-state index >= 15 is 0 Å². The quantitative estimate of drug-likeness (QED) is 0.779. The van der Waals surface area contributed by atoms with Crippen molar-refractivity contribution in [1.29, 1.82) is 0 Å².